The Balaban J connectivity index is 1.73. The Morgan fingerprint density at radius 2 is 2.14 bits per heavy atom. The van der Waals surface area contributed by atoms with Crippen LogP contribution in [0.2, 0.25) is 0 Å². The number of carbonyl (C=O) groups excluding carboxylic acids is 1. The van der Waals surface area contributed by atoms with Crippen LogP contribution in [0.3, 0.4) is 0 Å². The molecule has 22 heavy (non-hydrogen) atoms. The van der Waals surface area contributed by atoms with Gasteiger partial charge in [-0.3, -0.25) is 4.79 Å². The first-order chi connectivity index (χ1) is 10.5. The second kappa shape index (κ2) is 5.93. The summed E-state index contributed by atoms with van der Waals surface area (Å²) in [6.45, 7) is 6.79. The van der Waals surface area contributed by atoms with Crippen molar-refractivity contribution in [1.29, 1.82) is 0 Å². The molecule has 2 heterocycles. The topological polar surface area (TPSA) is 46.9 Å². The van der Waals surface area contributed by atoms with Crippen molar-refractivity contribution in [3.8, 4) is 0 Å². The van der Waals surface area contributed by atoms with E-state index in [0.717, 1.165) is 26.4 Å². The van der Waals surface area contributed by atoms with Crippen molar-refractivity contribution in [1.82, 2.24) is 14.9 Å². The highest BCUT2D eigenvalue weighted by atomic mass is 32.1. The monoisotopic (exact) mass is 313 g/mol. The maximum absolute atomic E-state index is 12.1. The minimum atomic E-state index is -0.0223. The predicted molar refractivity (Wildman–Crippen MR) is 90.3 cm³/mol. The predicted octanol–water partition coefficient (Wildman–Crippen LogP) is 3.92. The molecule has 0 saturated heterocycles. The van der Waals surface area contributed by atoms with Crippen molar-refractivity contribution in [2.45, 2.75) is 33.4 Å². The number of thiophene rings is 1. The van der Waals surface area contributed by atoms with Crippen molar-refractivity contribution in [2.24, 2.45) is 0 Å². The molecule has 4 nitrogen and oxygen atoms in total. The lowest BCUT2D eigenvalue weighted by Gasteiger charge is -2.08. The summed E-state index contributed by atoms with van der Waals surface area (Å²) in [7, 11) is 0. The fraction of sp³-hybridized carbons (Fsp3) is 0.294. The van der Waals surface area contributed by atoms with E-state index in [1.165, 1.54) is 11.3 Å². The minimum Gasteiger partial charge on any atom is -0.347 e. The Labute approximate surface area is 133 Å². The van der Waals surface area contributed by atoms with Crippen LogP contribution in [-0.2, 0) is 6.54 Å². The third-order valence-corrected chi connectivity index (χ3v) is 4.61. The summed E-state index contributed by atoms with van der Waals surface area (Å²) in [5.41, 5.74) is 3.15. The number of fused-ring (bicyclic) bond motifs is 1. The van der Waals surface area contributed by atoms with E-state index in [2.05, 4.69) is 34.8 Å². The van der Waals surface area contributed by atoms with Gasteiger partial charge in [0.25, 0.3) is 5.91 Å². The zero-order valence-electron chi connectivity index (χ0n) is 13.0. The first-order valence-corrected chi connectivity index (χ1v) is 8.16. The van der Waals surface area contributed by atoms with Crippen LogP contribution in [0.25, 0.3) is 11.0 Å². The van der Waals surface area contributed by atoms with Crippen LogP contribution in [0.5, 0.6) is 0 Å². The van der Waals surface area contributed by atoms with E-state index >= 15 is 0 Å². The normalized spacial score (nSPS) is 11.3. The van der Waals surface area contributed by atoms with Crippen molar-refractivity contribution < 1.29 is 4.79 Å². The van der Waals surface area contributed by atoms with Gasteiger partial charge >= 0.3 is 0 Å². The lowest BCUT2D eigenvalue weighted by Crippen LogP contribution is -2.21. The number of nitrogens with one attached hydrogen (secondary N) is 1. The zero-order chi connectivity index (χ0) is 15.7. The summed E-state index contributed by atoms with van der Waals surface area (Å²) in [5, 5.41) is 2.96. The van der Waals surface area contributed by atoms with Gasteiger partial charge in [0.05, 0.1) is 22.2 Å². The fourth-order valence-electron chi connectivity index (χ4n) is 2.42. The highest BCUT2D eigenvalue weighted by molar-refractivity contribution is 7.13. The van der Waals surface area contributed by atoms with E-state index in [1.54, 1.807) is 0 Å². The quantitative estimate of drug-likeness (QED) is 0.793. The second-order valence-corrected chi connectivity index (χ2v) is 6.95. The van der Waals surface area contributed by atoms with Crippen LogP contribution >= 0.6 is 11.3 Å². The summed E-state index contributed by atoms with van der Waals surface area (Å²) in [6.07, 6.45) is 1.87. The third kappa shape index (κ3) is 2.90. The van der Waals surface area contributed by atoms with E-state index in [0.29, 0.717) is 12.6 Å². The standard InChI is InChI=1S/C17H19N3OS/c1-11(2)20-10-19-14-8-13(5-6-15(14)20)9-18-17(21)16-7-4-12(3)22-16/h4-8,10-11H,9H2,1-3H3,(H,18,21). The van der Waals surface area contributed by atoms with Gasteiger partial charge in [0.2, 0.25) is 0 Å². The minimum absolute atomic E-state index is 0.0223. The highest BCUT2D eigenvalue weighted by Gasteiger charge is 2.09. The van der Waals surface area contributed by atoms with Gasteiger partial charge < -0.3 is 9.88 Å². The lowest BCUT2D eigenvalue weighted by molar-refractivity contribution is 0.0955. The van der Waals surface area contributed by atoms with Crippen molar-refractivity contribution in [3.05, 3.63) is 52.0 Å². The summed E-state index contributed by atoms with van der Waals surface area (Å²) in [6, 6.07) is 10.4. The number of amides is 1. The second-order valence-electron chi connectivity index (χ2n) is 5.66. The summed E-state index contributed by atoms with van der Waals surface area (Å²) < 4.78 is 2.14. The number of imidazole rings is 1. The van der Waals surface area contributed by atoms with Crippen molar-refractivity contribution in [2.75, 3.05) is 0 Å². The molecule has 1 amide bonds. The van der Waals surface area contributed by atoms with E-state index in [-0.39, 0.29) is 5.91 Å². The van der Waals surface area contributed by atoms with Gasteiger partial charge in [-0.15, -0.1) is 11.3 Å². The molecule has 5 heteroatoms. The van der Waals surface area contributed by atoms with Crippen LogP contribution in [0, 0.1) is 6.92 Å². The number of benzene rings is 1. The number of hydrogen-bond acceptors (Lipinski definition) is 3. The first-order valence-electron chi connectivity index (χ1n) is 7.34. The van der Waals surface area contributed by atoms with Gasteiger partial charge in [-0.1, -0.05) is 6.07 Å². The molecule has 3 aromatic rings. The molecule has 2 aromatic heterocycles. The molecule has 0 aliphatic carbocycles. The molecule has 0 aliphatic rings. The molecule has 0 aliphatic heterocycles. The van der Waals surface area contributed by atoms with E-state index in [1.807, 2.05) is 37.5 Å². The van der Waals surface area contributed by atoms with Crippen LogP contribution in [-0.4, -0.2) is 15.5 Å². The third-order valence-electron chi connectivity index (χ3n) is 3.61. The summed E-state index contributed by atoms with van der Waals surface area (Å²) in [4.78, 5) is 18.4. The van der Waals surface area contributed by atoms with Crippen LogP contribution in [0.4, 0.5) is 0 Å². The highest BCUT2D eigenvalue weighted by Crippen LogP contribution is 2.19. The molecule has 1 aromatic carbocycles. The lowest BCUT2D eigenvalue weighted by atomic mass is 10.2. The molecule has 0 unspecified atom stereocenters. The Morgan fingerprint density at radius 3 is 2.82 bits per heavy atom. The van der Waals surface area contributed by atoms with Gasteiger partial charge in [-0.2, -0.15) is 0 Å². The average Bonchev–Trinajstić information content (AvgIpc) is 3.10. The number of carbonyl (C=O) groups is 1. The smallest absolute Gasteiger partial charge is 0.261 e. The summed E-state index contributed by atoms with van der Waals surface area (Å²) in [5.74, 6) is -0.0223. The zero-order valence-corrected chi connectivity index (χ0v) is 13.8. The number of aromatic nitrogens is 2. The fourth-order valence-corrected chi connectivity index (χ4v) is 3.21. The Morgan fingerprint density at radius 1 is 1.32 bits per heavy atom. The summed E-state index contributed by atoms with van der Waals surface area (Å²) >= 11 is 1.51. The molecule has 0 radical (unpaired) electrons. The number of aryl methyl sites for hydroxylation is 1. The number of rotatable bonds is 4. The van der Waals surface area contributed by atoms with Crippen molar-refractivity contribution >= 4 is 28.3 Å². The Kier molecular flexibility index (Phi) is 3.98. The molecule has 0 fully saturated rings. The average molecular weight is 313 g/mol. The molecule has 0 bridgehead atoms. The van der Waals surface area contributed by atoms with Crippen LogP contribution < -0.4 is 5.32 Å². The van der Waals surface area contributed by atoms with Gasteiger partial charge in [0.15, 0.2) is 0 Å². The molecule has 0 saturated carbocycles. The number of hydrogen-bond donors (Lipinski definition) is 1. The molecule has 1 N–H and O–H groups in total. The molecule has 0 spiro atoms. The number of nitrogens with zero attached hydrogens (tertiary/aromatic N) is 2. The van der Waals surface area contributed by atoms with E-state index in [4.69, 9.17) is 0 Å². The maximum atomic E-state index is 12.1. The Hall–Kier alpha value is -2.14. The van der Waals surface area contributed by atoms with Gasteiger partial charge in [-0.25, -0.2) is 4.98 Å². The van der Waals surface area contributed by atoms with E-state index < -0.39 is 0 Å². The van der Waals surface area contributed by atoms with Crippen LogP contribution in [0.15, 0.2) is 36.7 Å². The molecule has 3 rings (SSSR count). The van der Waals surface area contributed by atoms with Crippen LogP contribution in [0.1, 0.15) is 40.0 Å². The van der Waals surface area contributed by atoms with Gasteiger partial charge in [0.1, 0.15) is 0 Å². The molecular formula is C17H19N3OS. The largest absolute Gasteiger partial charge is 0.347 e. The van der Waals surface area contributed by atoms with Gasteiger partial charge in [-0.05, 0) is 50.6 Å². The molecule has 114 valence electrons. The maximum Gasteiger partial charge on any atom is 0.261 e. The molecule has 0 atom stereocenters. The SMILES string of the molecule is Cc1ccc(C(=O)NCc2ccc3c(c2)ncn3C(C)C)s1. The molecular weight excluding hydrogens is 294 g/mol. The van der Waals surface area contributed by atoms with Gasteiger partial charge in [0, 0.05) is 17.5 Å². The first kappa shape index (κ1) is 14.8. The van der Waals surface area contributed by atoms with Crippen molar-refractivity contribution in [3.63, 3.8) is 0 Å². The Bertz CT molecular complexity index is 816. The van der Waals surface area contributed by atoms with E-state index in [9.17, 15) is 4.79 Å².